The van der Waals surface area contributed by atoms with E-state index in [4.69, 9.17) is 9.47 Å². The van der Waals surface area contributed by atoms with Crippen molar-refractivity contribution in [2.75, 3.05) is 7.11 Å². The lowest BCUT2D eigenvalue weighted by Crippen LogP contribution is -2.41. The molecule has 1 aliphatic rings. The first-order chi connectivity index (χ1) is 9.49. The van der Waals surface area contributed by atoms with Crippen molar-refractivity contribution in [3.8, 4) is 11.5 Å². The Morgan fingerprint density at radius 1 is 1.35 bits per heavy atom. The predicted molar refractivity (Wildman–Crippen MR) is 70.9 cm³/mol. The molecule has 0 bridgehead atoms. The molecule has 0 spiro atoms. The fraction of sp³-hybridized carbons (Fsp3) is 0.429. The SMILES string of the molecule is COC(=O)N[C@H](Cc1ccc2c(c1)O[C@H](C)O2)C(C)=O. The molecule has 0 aliphatic carbocycles. The van der Waals surface area contributed by atoms with E-state index in [9.17, 15) is 9.59 Å². The van der Waals surface area contributed by atoms with E-state index in [1.54, 1.807) is 13.0 Å². The van der Waals surface area contributed by atoms with Gasteiger partial charge in [-0.3, -0.25) is 4.79 Å². The fourth-order valence-electron chi connectivity index (χ4n) is 1.98. The standard InChI is InChI=1S/C14H17NO5/c1-8(16)11(15-14(17)18-3)6-10-4-5-12-13(7-10)20-9(2)19-12/h4-5,7,9,11H,6H2,1-3H3,(H,15,17)/t9-,11-/m1/s1. The van der Waals surface area contributed by atoms with Crippen molar-refractivity contribution in [3.05, 3.63) is 23.8 Å². The number of amides is 1. The zero-order valence-corrected chi connectivity index (χ0v) is 11.6. The highest BCUT2D eigenvalue weighted by Crippen LogP contribution is 2.35. The zero-order valence-electron chi connectivity index (χ0n) is 11.6. The highest BCUT2D eigenvalue weighted by Gasteiger charge is 2.22. The predicted octanol–water partition coefficient (Wildman–Crippen LogP) is 1.66. The summed E-state index contributed by atoms with van der Waals surface area (Å²) in [6, 6.07) is 4.83. The molecule has 2 rings (SSSR count). The second kappa shape index (κ2) is 5.81. The monoisotopic (exact) mass is 279 g/mol. The third kappa shape index (κ3) is 3.20. The van der Waals surface area contributed by atoms with Crippen LogP contribution in [0.2, 0.25) is 0 Å². The van der Waals surface area contributed by atoms with Crippen molar-refractivity contribution < 1.29 is 23.8 Å². The lowest BCUT2D eigenvalue weighted by molar-refractivity contribution is -0.118. The second-order valence-corrected chi connectivity index (χ2v) is 4.59. The molecule has 0 fully saturated rings. The van der Waals surface area contributed by atoms with Crippen LogP contribution in [0.4, 0.5) is 4.79 Å². The summed E-state index contributed by atoms with van der Waals surface area (Å²) in [6.07, 6.45) is -0.563. The first-order valence-corrected chi connectivity index (χ1v) is 6.30. The van der Waals surface area contributed by atoms with Crippen LogP contribution in [0.3, 0.4) is 0 Å². The second-order valence-electron chi connectivity index (χ2n) is 4.59. The maximum absolute atomic E-state index is 11.6. The molecule has 1 heterocycles. The third-order valence-corrected chi connectivity index (χ3v) is 3.00. The quantitative estimate of drug-likeness (QED) is 0.907. The van der Waals surface area contributed by atoms with Gasteiger partial charge in [0.15, 0.2) is 17.3 Å². The lowest BCUT2D eigenvalue weighted by atomic mass is 10.0. The Kier molecular flexibility index (Phi) is 4.12. The Morgan fingerprint density at radius 3 is 2.70 bits per heavy atom. The summed E-state index contributed by atoms with van der Waals surface area (Å²) in [4.78, 5) is 22.8. The molecule has 1 aromatic carbocycles. The van der Waals surface area contributed by atoms with E-state index in [0.717, 1.165) is 5.56 Å². The Balaban J connectivity index is 2.09. The molecule has 0 radical (unpaired) electrons. The van der Waals surface area contributed by atoms with Gasteiger partial charge in [0.05, 0.1) is 13.2 Å². The minimum absolute atomic E-state index is 0.138. The van der Waals surface area contributed by atoms with Crippen LogP contribution >= 0.6 is 0 Å². The van der Waals surface area contributed by atoms with Crippen molar-refractivity contribution in [2.24, 2.45) is 0 Å². The van der Waals surface area contributed by atoms with Crippen LogP contribution < -0.4 is 14.8 Å². The van der Waals surface area contributed by atoms with Crippen LogP contribution in [0.25, 0.3) is 0 Å². The van der Waals surface area contributed by atoms with E-state index in [2.05, 4.69) is 10.1 Å². The molecule has 20 heavy (non-hydrogen) atoms. The molecule has 1 aromatic rings. The van der Waals surface area contributed by atoms with Gasteiger partial charge in [-0.1, -0.05) is 6.07 Å². The molecular weight excluding hydrogens is 262 g/mol. The molecule has 0 unspecified atom stereocenters. The average molecular weight is 279 g/mol. The zero-order chi connectivity index (χ0) is 14.7. The minimum atomic E-state index is -0.625. The van der Waals surface area contributed by atoms with Crippen molar-refractivity contribution in [1.82, 2.24) is 5.32 Å². The summed E-state index contributed by atoms with van der Waals surface area (Å²) in [7, 11) is 1.26. The maximum Gasteiger partial charge on any atom is 0.407 e. The number of rotatable bonds is 4. The molecule has 6 nitrogen and oxygen atoms in total. The number of carbonyl (C=O) groups is 2. The van der Waals surface area contributed by atoms with Crippen LogP contribution in [0.1, 0.15) is 19.4 Å². The van der Waals surface area contributed by atoms with Gasteiger partial charge in [0.1, 0.15) is 0 Å². The molecule has 6 heteroatoms. The summed E-state index contributed by atoms with van der Waals surface area (Å²) in [5.74, 6) is 1.19. The first kappa shape index (κ1) is 14.2. The topological polar surface area (TPSA) is 73.9 Å². The molecule has 1 N–H and O–H groups in total. The van der Waals surface area contributed by atoms with E-state index >= 15 is 0 Å². The molecule has 0 saturated carbocycles. The van der Waals surface area contributed by atoms with Gasteiger partial charge in [-0.05, 0) is 31.0 Å². The van der Waals surface area contributed by atoms with Gasteiger partial charge in [-0.2, -0.15) is 0 Å². The van der Waals surface area contributed by atoms with Crippen LogP contribution in [0.15, 0.2) is 18.2 Å². The number of benzene rings is 1. The van der Waals surface area contributed by atoms with Gasteiger partial charge in [0.2, 0.25) is 6.29 Å². The Labute approximate surface area is 117 Å². The summed E-state index contributed by atoms with van der Waals surface area (Å²) < 4.78 is 15.4. The number of hydrogen-bond acceptors (Lipinski definition) is 5. The average Bonchev–Trinajstić information content (AvgIpc) is 2.76. The summed E-state index contributed by atoms with van der Waals surface area (Å²) in [6.45, 7) is 3.23. The molecule has 0 aromatic heterocycles. The Bertz CT molecular complexity index is 528. The van der Waals surface area contributed by atoms with E-state index in [1.807, 2.05) is 12.1 Å². The normalized spacial score (nSPS) is 17.4. The van der Waals surface area contributed by atoms with E-state index in [0.29, 0.717) is 17.9 Å². The van der Waals surface area contributed by atoms with Gasteiger partial charge in [0, 0.05) is 6.92 Å². The highest BCUT2D eigenvalue weighted by molar-refractivity contribution is 5.85. The summed E-state index contributed by atoms with van der Waals surface area (Å²) >= 11 is 0. The number of ketones is 1. The van der Waals surface area contributed by atoms with Crippen molar-refractivity contribution in [2.45, 2.75) is 32.6 Å². The molecule has 2 atom stereocenters. The van der Waals surface area contributed by atoms with Gasteiger partial charge < -0.3 is 19.5 Å². The molecule has 0 saturated heterocycles. The van der Waals surface area contributed by atoms with Crippen molar-refractivity contribution in [3.63, 3.8) is 0 Å². The van der Waals surface area contributed by atoms with Gasteiger partial charge in [-0.25, -0.2) is 4.79 Å². The fourth-order valence-corrected chi connectivity index (χ4v) is 1.98. The van der Waals surface area contributed by atoms with E-state index < -0.39 is 12.1 Å². The smallest absolute Gasteiger partial charge is 0.407 e. The minimum Gasteiger partial charge on any atom is -0.453 e. The number of fused-ring (bicyclic) bond motifs is 1. The summed E-state index contributed by atoms with van der Waals surface area (Å²) in [5.41, 5.74) is 0.873. The first-order valence-electron chi connectivity index (χ1n) is 6.30. The summed E-state index contributed by atoms with van der Waals surface area (Å²) in [5, 5.41) is 2.51. The van der Waals surface area contributed by atoms with E-state index in [-0.39, 0.29) is 12.1 Å². The van der Waals surface area contributed by atoms with Crippen LogP contribution in [0.5, 0.6) is 11.5 Å². The largest absolute Gasteiger partial charge is 0.453 e. The molecular formula is C14H17NO5. The number of nitrogens with one attached hydrogen (secondary N) is 1. The molecule has 108 valence electrons. The number of carbonyl (C=O) groups excluding carboxylic acids is 2. The maximum atomic E-state index is 11.6. The number of methoxy groups -OCH3 is 1. The van der Waals surface area contributed by atoms with Crippen LogP contribution in [0, 0.1) is 0 Å². The Hall–Kier alpha value is -2.24. The van der Waals surface area contributed by atoms with Gasteiger partial charge in [0.25, 0.3) is 0 Å². The number of hydrogen-bond donors (Lipinski definition) is 1. The Morgan fingerprint density at radius 2 is 2.05 bits per heavy atom. The molecule has 1 amide bonds. The van der Waals surface area contributed by atoms with Crippen LogP contribution in [-0.4, -0.2) is 31.3 Å². The number of ether oxygens (including phenoxy) is 3. The molecule has 1 aliphatic heterocycles. The van der Waals surface area contributed by atoms with Crippen molar-refractivity contribution >= 4 is 11.9 Å². The van der Waals surface area contributed by atoms with Crippen LogP contribution in [-0.2, 0) is 16.0 Å². The third-order valence-electron chi connectivity index (χ3n) is 3.00. The van der Waals surface area contributed by atoms with Crippen molar-refractivity contribution in [1.29, 1.82) is 0 Å². The van der Waals surface area contributed by atoms with Gasteiger partial charge >= 0.3 is 6.09 Å². The lowest BCUT2D eigenvalue weighted by Gasteiger charge is -2.15. The number of Topliss-reactive ketones (excluding diaryl/α,β-unsaturated/α-hetero) is 1. The number of alkyl carbamates (subject to hydrolysis) is 1. The van der Waals surface area contributed by atoms with E-state index in [1.165, 1.54) is 14.0 Å². The van der Waals surface area contributed by atoms with Gasteiger partial charge in [-0.15, -0.1) is 0 Å². The highest BCUT2D eigenvalue weighted by atomic mass is 16.7.